The van der Waals surface area contributed by atoms with Crippen molar-refractivity contribution in [1.29, 1.82) is 0 Å². The number of hydrogen-bond donors (Lipinski definition) is 2. The minimum Gasteiger partial charge on any atom is -0.491 e. The average Bonchev–Trinajstić information content (AvgIpc) is 3.27. The maximum absolute atomic E-state index is 13.2. The van der Waals surface area contributed by atoms with E-state index in [1.54, 1.807) is 25.1 Å². The highest BCUT2D eigenvalue weighted by Crippen LogP contribution is 2.34. The topological polar surface area (TPSA) is 92.8 Å². The van der Waals surface area contributed by atoms with Crippen molar-refractivity contribution in [2.24, 2.45) is 0 Å². The lowest BCUT2D eigenvalue weighted by atomic mass is 10.2. The summed E-state index contributed by atoms with van der Waals surface area (Å²) in [6.45, 7) is 3.79. The van der Waals surface area contributed by atoms with Crippen molar-refractivity contribution in [2.45, 2.75) is 24.8 Å². The van der Waals surface area contributed by atoms with E-state index in [-0.39, 0.29) is 17.3 Å². The Balaban J connectivity index is 1.57. The molecule has 0 atom stereocenters. The van der Waals surface area contributed by atoms with Crippen LogP contribution >= 0.6 is 23.2 Å². The number of nitrogens with zero attached hydrogens (tertiary/aromatic N) is 2. The molecule has 1 aliphatic rings. The molecule has 2 heterocycles. The Hall–Kier alpha value is -2.72. The molecule has 3 aromatic rings. The Labute approximate surface area is 221 Å². The molecule has 1 aliphatic heterocycles. The molecule has 0 spiro atoms. The summed E-state index contributed by atoms with van der Waals surface area (Å²) in [6.07, 6.45) is 0.768. The van der Waals surface area contributed by atoms with Gasteiger partial charge in [-0.15, -0.1) is 0 Å². The number of rotatable bonds is 10. The molecule has 0 radical (unpaired) electrons. The van der Waals surface area contributed by atoms with Gasteiger partial charge in [0.2, 0.25) is 0 Å². The van der Waals surface area contributed by atoms with Crippen LogP contribution in [0.1, 0.15) is 16.7 Å². The highest BCUT2D eigenvalue weighted by Gasteiger charge is 2.24. The van der Waals surface area contributed by atoms with Crippen LogP contribution < -0.4 is 19.5 Å². The fourth-order valence-corrected chi connectivity index (χ4v) is 5.37. The zero-order valence-corrected chi connectivity index (χ0v) is 22.6. The molecule has 0 amide bonds. The number of sulfonamides is 1. The molecule has 11 heteroatoms. The summed E-state index contributed by atoms with van der Waals surface area (Å²) in [6, 6.07) is 12.0. The van der Waals surface area contributed by atoms with Gasteiger partial charge in [0.1, 0.15) is 24.8 Å². The van der Waals surface area contributed by atoms with Crippen molar-refractivity contribution in [3.63, 3.8) is 0 Å². The van der Waals surface area contributed by atoms with Gasteiger partial charge < -0.3 is 19.7 Å². The molecule has 192 valence electrons. The van der Waals surface area contributed by atoms with Gasteiger partial charge in [-0.25, -0.2) is 13.4 Å². The van der Waals surface area contributed by atoms with Crippen molar-refractivity contribution in [2.75, 3.05) is 43.8 Å². The molecule has 0 saturated carbocycles. The molecular weight excluding hydrogens is 523 g/mol. The second-order valence-electron chi connectivity index (χ2n) is 8.69. The Kier molecular flexibility index (Phi) is 8.14. The van der Waals surface area contributed by atoms with Gasteiger partial charge in [-0.05, 0) is 68.9 Å². The number of hydrogen-bond acceptors (Lipinski definition) is 7. The largest absolute Gasteiger partial charge is 0.491 e. The summed E-state index contributed by atoms with van der Waals surface area (Å²) in [7, 11) is -0.0308. The van der Waals surface area contributed by atoms with Gasteiger partial charge in [0.25, 0.3) is 10.0 Å². The van der Waals surface area contributed by atoms with E-state index in [0.717, 1.165) is 30.6 Å². The number of anilines is 2. The molecule has 1 aromatic heterocycles. The summed E-state index contributed by atoms with van der Waals surface area (Å²) in [5.74, 6) is 1.61. The lowest BCUT2D eigenvalue weighted by Crippen LogP contribution is -2.19. The monoisotopic (exact) mass is 550 g/mol. The van der Waals surface area contributed by atoms with E-state index in [4.69, 9.17) is 32.7 Å². The van der Waals surface area contributed by atoms with Gasteiger partial charge in [0.15, 0.2) is 11.6 Å². The Morgan fingerprint density at radius 1 is 1.08 bits per heavy atom. The molecule has 8 nitrogen and oxygen atoms in total. The molecule has 0 unspecified atom stereocenters. The van der Waals surface area contributed by atoms with Crippen LogP contribution in [-0.4, -0.2) is 52.1 Å². The Morgan fingerprint density at radius 3 is 2.67 bits per heavy atom. The summed E-state index contributed by atoms with van der Waals surface area (Å²) >= 11 is 12.4. The van der Waals surface area contributed by atoms with Crippen molar-refractivity contribution in [1.82, 2.24) is 9.88 Å². The van der Waals surface area contributed by atoms with Gasteiger partial charge in [0.05, 0.1) is 9.92 Å². The zero-order valence-electron chi connectivity index (χ0n) is 20.3. The molecule has 0 saturated heterocycles. The lowest BCUT2D eigenvalue weighted by Gasteiger charge is -2.16. The SMILES string of the molecule is Cc1c(Cl)cccc1S(=O)(=O)Nc1nc2c(cc1OCc1ccc(Cl)c(OCCN(C)C)c1)CCN2. The van der Waals surface area contributed by atoms with E-state index in [1.165, 1.54) is 6.07 Å². The van der Waals surface area contributed by atoms with Gasteiger partial charge in [-0.1, -0.05) is 35.3 Å². The third-order valence-corrected chi connectivity index (χ3v) is 7.88. The van der Waals surface area contributed by atoms with Gasteiger partial charge in [-0.2, -0.15) is 0 Å². The van der Waals surface area contributed by atoms with E-state index < -0.39 is 10.0 Å². The van der Waals surface area contributed by atoms with E-state index in [1.807, 2.05) is 37.2 Å². The number of ether oxygens (including phenoxy) is 2. The molecule has 0 bridgehead atoms. The highest BCUT2D eigenvalue weighted by atomic mass is 35.5. The predicted octanol–water partition coefficient (Wildman–Crippen LogP) is 4.99. The Bertz CT molecular complexity index is 1370. The average molecular weight is 551 g/mol. The van der Waals surface area contributed by atoms with Crippen LogP contribution in [0.3, 0.4) is 0 Å². The van der Waals surface area contributed by atoms with Crippen LogP contribution in [0.2, 0.25) is 10.0 Å². The molecule has 0 fully saturated rings. The summed E-state index contributed by atoms with van der Waals surface area (Å²) in [5.41, 5.74) is 2.23. The number of halogens is 2. The third kappa shape index (κ3) is 6.15. The molecule has 36 heavy (non-hydrogen) atoms. The normalized spacial score (nSPS) is 12.8. The van der Waals surface area contributed by atoms with Gasteiger partial charge in [0, 0.05) is 23.7 Å². The van der Waals surface area contributed by atoms with E-state index in [9.17, 15) is 8.42 Å². The van der Waals surface area contributed by atoms with Crippen LogP contribution in [0, 0.1) is 6.92 Å². The second-order valence-corrected chi connectivity index (χ2v) is 11.2. The van der Waals surface area contributed by atoms with Crippen LogP contribution in [0.5, 0.6) is 11.5 Å². The van der Waals surface area contributed by atoms with Crippen LogP contribution in [0.25, 0.3) is 0 Å². The first-order valence-corrected chi connectivity index (χ1v) is 13.6. The van der Waals surface area contributed by atoms with Crippen LogP contribution in [0.15, 0.2) is 47.4 Å². The predicted molar refractivity (Wildman–Crippen MR) is 143 cm³/mol. The van der Waals surface area contributed by atoms with Crippen molar-refractivity contribution in [3.8, 4) is 11.5 Å². The summed E-state index contributed by atoms with van der Waals surface area (Å²) in [4.78, 5) is 6.60. The minimum atomic E-state index is -3.97. The molecule has 4 rings (SSSR count). The van der Waals surface area contributed by atoms with Crippen molar-refractivity contribution < 1.29 is 17.9 Å². The van der Waals surface area contributed by atoms with Crippen molar-refractivity contribution >= 4 is 44.9 Å². The van der Waals surface area contributed by atoms with Crippen molar-refractivity contribution in [3.05, 3.63) is 69.2 Å². The molecular formula is C25H28Cl2N4O4S. The minimum absolute atomic E-state index is 0.0772. The van der Waals surface area contributed by atoms with Crippen LogP contribution in [-0.2, 0) is 23.1 Å². The summed E-state index contributed by atoms with van der Waals surface area (Å²) < 4.78 is 40.9. The third-order valence-electron chi connectivity index (χ3n) is 5.68. The fourth-order valence-electron chi connectivity index (χ4n) is 3.68. The Morgan fingerprint density at radius 2 is 1.89 bits per heavy atom. The maximum Gasteiger partial charge on any atom is 0.263 e. The number of benzene rings is 2. The van der Waals surface area contributed by atoms with Gasteiger partial charge >= 0.3 is 0 Å². The van der Waals surface area contributed by atoms with E-state index in [0.29, 0.717) is 39.5 Å². The lowest BCUT2D eigenvalue weighted by molar-refractivity contribution is 0.260. The molecule has 2 aromatic carbocycles. The smallest absolute Gasteiger partial charge is 0.263 e. The van der Waals surface area contributed by atoms with E-state index >= 15 is 0 Å². The maximum atomic E-state index is 13.2. The fraction of sp³-hybridized carbons (Fsp3) is 0.320. The molecule has 2 N–H and O–H groups in total. The first-order chi connectivity index (χ1) is 17.1. The first kappa shape index (κ1) is 26.3. The van der Waals surface area contributed by atoms with Gasteiger partial charge in [-0.3, -0.25) is 4.72 Å². The second kappa shape index (κ2) is 11.1. The number of likely N-dealkylation sites (N-methyl/N-ethyl adjacent to an activating group) is 1. The molecule has 0 aliphatic carbocycles. The number of aromatic nitrogens is 1. The zero-order chi connectivity index (χ0) is 25.9. The van der Waals surface area contributed by atoms with E-state index in [2.05, 4.69) is 15.0 Å². The van der Waals surface area contributed by atoms with Crippen LogP contribution in [0.4, 0.5) is 11.6 Å². The first-order valence-electron chi connectivity index (χ1n) is 11.4. The number of pyridine rings is 1. The summed E-state index contributed by atoms with van der Waals surface area (Å²) in [5, 5.41) is 4.04. The highest BCUT2D eigenvalue weighted by molar-refractivity contribution is 7.92. The number of nitrogens with one attached hydrogen (secondary N) is 2. The standard InChI is InChI=1S/C25H28Cl2N4O4S/c1-16-19(26)5-4-6-23(16)36(32,33)30-25-22(14-18-9-10-28-24(18)29-25)35-15-17-7-8-20(27)21(13-17)34-12-11-31(2)3/h4-8,13-14H,9-12,15H2,1-3H3,(H2,28,29,30). The quantitative estimate of drug-likeness (QED) is 0.367. The number of fused-ring (bicyclic) bond motifs is 1.